The number of nitrogens with zero attached hydrogens (tertiary/aromatic N) is 1. The maximum Gasteiger partial charge on any atom is 0.416 e. The van der Waals surface area contributed by atoms with E-state index in [4.69, 9.17) is 0 Å². The van der Waals surface area contributed by atoms with Gasteiger partial charge in [-0.2, -0.15) is 26.3 Å². The molecule has 0 aliphatic heterocycles. The lowest BCUT2D eigenvalue weighted by Gasteiger charge is -2.15. The molecule has 1 aromatic heterocycles. The Morgan fingerprint density at radius 1 is 1.08 bits per heavy atom. The van der Waals surface area contributed by atoms with Gasteiger partial charge in [0.25, 0.3) is 0 Å². The van der Waals surface area contributed by atoms with Crippen LogP contribution in [0.3, 0.4) is 0 Å². The Balaban J connectivity index is 2.19. The highest BCUT2D eigenvalue weighted by Crippen LogP contribution is 2.37. The number of aryl methyl sites for hydroxylation is 1. The summed E-state index contributed by atoms with van der Waals surface area (Å²) < 4.78 is 78.0. The van der Waals surface area contributed by atoms with E-state index in [2.05, 4.69) is 0 Å². The van der Waals surface area contributed by atoms with Crippen molar-refractivity contribution >= 4 is 22.9 Å². The zero-order chi connectivity index (χ0) is 19.7. The maximum atomic E-state index is 12.8. The first-order valence-corrected chi connectivity index (χ1v) is 8.00. The molecule has 0 saturated heterocycles. The van der Waals surface area contributed by atoms with Crippen molar-refractivity contribution < 1.29 is 31.1 Å². The highest BCUT2D eigenvalue weighted by atomic mass is 32.1. The lowest BCUT2D eigenvalue weighted by Crippen LogP contribution is -2.20. The van der Waals surface area contributed by atoms with Crippen molar-refractivity contribution in [2.45, 2.75) is 32.2 Å². The fourth-order valence-corrected chi connectivity index (χ4v) is 2.90. The first-order chi connectivity index (χ1) is 11.9. The second-order valence-electron chi connectivity index (χ2n) is 5.39. The molecule has 2 rings (SSSR count). The maximum absolute atomic E-state index is 12.8. The van der Waals surface area contributed by atoms with Crippen molar-refractivity contribution in [1.82, 2.24) is 4.57 Å². The molecule has 1 N–H and O–H groups in total. The van der Waals surface area contributed by atoms with Crippen LogP contribution in [0.5, 0.6) is 0 Å². The molecule has 0 fully saturated rings. The van der Waals surface area contributed by atoms with Gasteiger partial charge >= 0.3 is 17.2 Å². The van der Waals surface area contributed by atoms with E-state index < -0.39 is 35.1 Å². The molecule has 2 aromatic rings. The number of hydrogen-bond acceptors (Lipinski definition) is 3. The Bertz CT molecular complexity index is 834. The molecule has 1 amide bonds. The third-order valence-corrected chi connectivity index (χ3v) is 4.29. The SMILES string of the molecule is Cc1csc(=O)n1CCC(=O)Nc1cc(C(F)(F)F)cc(C(F)(F)F)c1. The standard InChI is InChI=1S/C15H12F6N2O2S/c1-8-7-26-13(25)23(8)3-2-12(24)22-11-5-9(14(16,17)18)4-10(6-11)15(19,20)21/h4-7H,2-3H2,1H3,(H,22,24). The van der Waals surface area contributed by atoms with Gasteiger partial charge in [0.2, 0.25) is 5.91 Å². The summed E-state index contributed by atoms with van der Waals surface area (Å²) in [4.78, 5) is 23.1. The number of thiazole rings is 1. The normalized spacial score (nSPS) is 12.3. The van der Waals surface area contributed by atoms with Gasteiger partial charge in [0.15, 0.2) is 0 Å². The number of halogens is 6. The lowest BCUT2D eigenvalue weighted by atomic mass is 10.1. The van der Waals surface area contributed by atoms with Gasteiger partial charge in [-0.1, -0.05) is 11.3 Å². The van der Waals surface area contributed by atoms with Gasteiger partial charge in [-0.3, -0.25) is 9.59 Å². The zero-order valence-electron chi connectivity index (χ0n) is 13.2. The molecule has 26 heavy (non-hydrogen) atoms. The van der Waals surface area contributed by atoms with Crippen LogP contribution in [0.1, 0.15) is 23.2 Å². The van der Waals surface area contributed by atoms with Gasteiger partial charge in [-0.25, -0.2) is 0 Å². The minimum absolute atomic E-state index is 0.0239. The largest absolute Gasteiger partial charge is 0.416 e. The predicted octanol–water partition coefficient (Wildman–Crippen LogP) is 4.28. The number of carbonyl (C=O) groups is 1. The van der Waals surface area contributed by atoms with E-state index >= 15 is 0 Å². The molecule has 0 spiro atoms. The number of nitrogens with one attached hydrogen (secondary N) is 1. The summed E-state index contributed by atoms with van der Waals surface area (Å²) in [5.41, 5.74) is -3.06. The fraction of sp³-hybridized carbons (Fsp3) is 0.333. The molecule has 0 bridgehead atoms. The first kappa shape index (κ1) is 20.0. The van der Waals surface area contributed by atoms with Crippen molar-refractivity contribution in [2.24, 2.45) is 0 Å². The highest BCUT2D eigenvalue weighted by Gasteiger charge is 2.37. The molecule has 1 heterocycles. The van der Waals surface area contributed by atoms with Crippen LogP contribution in [0, 0.1) is 6.92 Å². The zero-order valence-corrected chi connectivity index (χ0v) is 14.0. The fourth-order valence-electron chi connectivity index (χ4n) is 2.14. The van der Waals surface area contributed by atoms with Gasteiger partial charge in [0, 0.05) is 29.7 Å². The Labute approximate surface area is 147 Å². The summed E-state index contributed by atoms with van der Waals surface area (Å²) in [6.07, 6.45) is -10.3. The molecule has 1 aromatic carbocycles. The Kier molecular flexibility index (Phi) is 5.49. The second-order valence-corrected chi connectivity index (χ2v) is 6.21. The number of aromatic nitrogens is 1. The van der Waals surface area contributed by atoms with Crippen molar-refractivity contribution in [3.63, 3.8) is 0 Å². The van der Waals surface area contributed by atoms with Gasteiger partial charge in [0.05, 0.1) is 11.1 Å². The van der Waals surface area contributed by atoms with Crippen LogP contribution < -0.4 is 10.2 Å². The number of alkyl halides is 6. The van der Waals surface area contributed by atoms with Crippen LogP contribution >= 0.6 is 11.3 Å². The molecule has 0 atom stereocenters. The first-order valence-electron chi connectivity index (χ1n) is 7.12. The van der Waals surface area contributed by atoms with E-state index in [-0.39, 0.29) is 23.9 Å². The van der Waals surface area contributed by atoms with Crippen LogP contribution in [-0.4, -0.2) is 10.5 Å². The summed E-state index contributed by atoms with van der Waals surface area (Å²) in [7, 11) is 0. The average molecular weight is 398 g/mol. The summed E-state index contributed by atoms with van der Waals surface area (Å²) in [5, 5.41) is 3.59. The van der Waals surface area contributed by atoms with E-state index in [0.717, 1.165) is 11.3 Å². The quantitative estimate of drug-likeness (QED) is 0.782. The second kappa shape index (κ2) is 7.14. The van der Waals surface area contributed by atoms with E-state index in [1.165, 1.54) is 4.57 Å². The number of amides is 1. The van der Waals surface area contributed by atoms with Crippen LogP contribution in [-0.2, 0) is 23.7 Å². The van der Waals surface area contributed by atoms with Gasteiger partial charge in [0.1, 0.15) is 0 Å². The van der Waals surface area contributed by atoms with Crippen molar-refractivity contribution in [3.8, 4) is 0 Å². The van der Waals surface area contributed by atoms with Crippen molar-refractivity contribution in [3.05, 3.63) is 50.1 Å². The minimum Gasteiger partial charge on any atom is -0.326 e. The van der Waals surface area contributed by atoms with Crippen LogP contribution in [0.25, 0.3) is 0 Å². The van der Waals surface area contributed by atoms with E-state index in [1.54, 1.807) is 12.3 Å². The highest BCUT2D eigenvalue weighted by molar-refractivity contribution is 7.07. The third kappa shape index (κ3) is 4.87. The number of benzene rings is 1. The van der Waals surface area contributed by atoms with Gasteiger partial charge < -0.3 is 9.88 Å². The molecule has 0 radical (unpaired) electrons. The summed E-state index contributed by atoms with van der Waals surface area (Å²) in [5.74, 6) is -0.810. The van der Waals surface area contributed by atoms with E-state index in [0.29, 0.717) is 17.8 Å². The number of anilines is 1. The lowest BCUT2D eigenvalue weighted by molar-refractivity contribution is -0.143. The Morgan fingerprint density at radius 3 is 2.04 bits per heavy atom. The smallest absolute Gasteiger partial charge is 0.326 e. The third-order valence-electron chi connectivity index (χ3n) is 3.41. The van der Waals surface area contributed by atoms with E-state index in [1.807, 2.05) is 5.32 Å². The summed E-state index contributed by atoms with van der Waals surface area (Å²) >= 11 is 0.922. The minimum atomic E-state index is -5.00. The van der Waals surface area contributed by atoms with Crippen LogP contribution in [0.2, 0.25) is 0 Å². The summed E-state index contributed by atoms with van der Waals surface area (Å²) in [6, 6.07) is 0.828. The Hall–Kier alpha value is -2.30. The predicted molar refractivity (Wildman–Crippen MR) is 83.0 cm³/mol. The number of hydrogen-bond donors (Lipinski definition) is 1. The molecule has 4 nitrogen and oxygen atoms in total. The monoisotopic (exact) mass is 398 g/mol. The molecule has 11 heteroatoms. The Morgan fingerprint density at radius 2 is 1.62 bits per heavy atom. The van der Waals surface area contributed by atoms with Gasteiger partial charge in [-0.15, -0.1) is 0 Å². The molecular weight excluding hydrogens is 386 g/mol. The van der Waals surface area contributed by atoms with Crippen molar-refractivity contribution in [1.29, 1.82) is 0 Å². The summed E-state index contributed by atoms with van der Waals surface area (Å²) in [6.45, 7) is 1.60. The average Bonchev–Trinajstić information content (AvgIpc) is 2.82. The molecule has 0 aliphatic carbocycles. The van der Waals surface area contributed by atoms with Gasteiger partial charge in [-0.05, 0) is 25.1 Å². The molecular formula is C15H12F6N2O2S. The van der Waals surface area contributed by atoms with Crippen LogP contribution in [0.4, 0.5) is 32.0 Å². The topological polar surface area (TPSA) is 51.1 Å². The molecule has 0 unspecified atom stereocenters. The molecule has 0 saturated carbocycles. The molecule has 142 valence electrons. The number of carbonyl (C=O) groups excluding carboxylic acids is 1. The van der Waals surface area contributed by atoms with Crippen molar-refractivity contribution in [2.75, 3.05) is 5.32 Å². The molecule has 0 aliphatic rings. The number of rotatable bonds is 4. The van der Waals surface area contributed by atoms with Crippen LogP contribution in [0.15, 0.2) is 28.4 Å². The van der Waals surface area contributed by atoms with E-state index in [9.17, 15) is 35.9 Å².